The first-order valence-corrected chi connectivity index (χ1v) is 7.24. The van der Waals surface area contributed by atoms with Crippen molar-refractivity contribution in [3.8, 4) is 0 Å². The van der Waals surface area contributed by atoms with Crippen LogP contribution in [-0.4, -0.2) is 9.78 Å². The maximum absolute atomic E-state index is 4.42. The molecule has 20 heavy (non-hydrogen) atoms. The van der Waals surface area contributed by atoms with Crippen LogP contribution < -0.4 is 5.32 Å². The predicted molar refractivity (Wildman–Crippen MR) is 85.1 cm³/mol. The summed E-state index contributed by atoms with van der Waals surface area (Å²) in [7, 11) is 0. The summed E-state index contributed by atoms with van der Waals surface area (Å²) < 4.78 is 2.01. The van der Waals surface area contributed by atoms with Crippen molar-refractivity contribution in [1.29, 1.82) is 0 Å². The summed E-state index contributed by atoms with van der Waals surface area (Å²) in [6, 6.07) is 8.61. The summed E-state index contributed by atoms with van der Waals surface area (Å²) in [5, 5.41) is 7.89. The summed E-state index contributed by atoms with van der Waals surface area (Å²) in [5.41, 5.74) is 3.77. The van der Waals surface area contributed by atoms with Crippen LogP contribution in [0.2, 0.25) is 0 Å². The van der Waals surface area contributed by atoms with Crippen LogP contribution in [0.25, 0.3) is 0 Å². The number of hydrogen-bond acceptors (Lipinski definition) is 2. The van der Waals surface area contributed by atoms with E-state index in [9.17, 15) is 0 Å². The first kappa shape index (κ1) is 14.6. The highest BCUT2D eigenvalue weighted by Gasteiger charge is 2.13. The number of rotatable bonds is 4. The summed E-state index contributed by atoms with van der Waals surface area (Å²) in [4.78, 5) is 0. The smallest absolute Gasteiger partial charge is 0.0543 e. The van der Waals surface area contributed by atoms with Gasteiger partial charge in [-0.1, -0.05) is 26.0 Å². The van der Waals surface area contributed by atoms with Gasteiger partial charge in [0.1, 0.15) is 0 Å². The highest BCUT2D eigenvalue weighted by atomic mass is 15.3. The van der Waals surface area contributed by atoms with E-state index in [4.69, 9.17) is 0 Å². The standard InChI is InChI=1S/C17H25N3/c1-13(2)15-7-6-8-16(9-15)18-10-14-11-19-20(12-14)17(3,4)5/h6-9,11-13,18H,10H2,1-5H3. The maximum Gasteiger partial charge on any atom is 0.0543 e. The zero-order chi connectivity index (χ0) is 14.8. The summed E-state index contributed by atoms with van der Waals surface area (Å²) in [6.07, 6.45) is 4.05. The van der Waals surface area contributed by atoms with Crippen molar-refractivity contribution < 1.29 is 0 Å². The van der Waals surface area contributed by atoms with Crippen LogP contribution in [0, 0.1) is 0 Å². The Bertz CT molecular complexity index is 562. The van der Waals surface area contributed by atoms with Gasteiger partial charge in [0.2, 0.25) is 0 Å². The summed E-state index contributed by atoms with van der Waals surface area (Å²) >= 11 is 0. The molecule has 0 radical (unpaired) electrons. The Balaban J connectivity index is 2.02. The van der Waals surface area contributed by atoms with Crippen molar-refractivity contribution in [2.75, 3.05) is 5.32 Å². The number of nitrogens with zero attached hydrogens (tertiary/aromatic N) is 2. The van der Waals surface area contributed by atoms with Crippen molar-refractivity contribution in [2.24, 2.45) is 0 Å². The molecule has 0 aliphatic rings. The first-order valence-electron chi connectivity index (χ1n) is 7.24. The lowest BCUT2D eigenvalue weighted by atomic mass is 10.0. The molecule has 0 saturated carbocycles. The summed E-state index contributed by atoms with van der Waals surface area (Å²) in [5.74, 6) is 0.556. The highest BCUT2D eigenvalue weighted by molar-refractivity contribution is 5.46. The van der Waals surface area contributed by atoms with E-state index in [0.717, 1.165) is 6.54 Å². The van der Waals surface area contributed by atoms with E-state index in [1.807, 2.05) is 10.9 Å². The van der Waals surface area contributed by atoms with Gasteiger partial charge in [-0.2, -0.15) is 5.10 Å². The normalized spacial score (nSPS) is 11.9. The number of benzene rings is 1. The molecule has 0 atom stereocenters. The van der Waals surface area contributed by atoms with Gasteiger partial charge in [-0.3, -0.25) is 4.68 Å². The molecule has 1 aromatic carbocycles. The van der Waals surface area contributed by atoms with Gasteiger partial charge in [0.15, 0.2) is 0 Å². The zero-order valence-electron chi connectivity index (χ0n) is 13.1. The Labute approximate surface area is 122 Å². The average molecular weight is 271 g/mol. The number of aromatic nitrogens is 2. The van der Waals surface area contributed by atoms with Gasteiger partial charge in [0.05, 0.1) is 11.7 Å². The molecule has 1 aromatic heterocycles. The maximum atomic E-state index is 4.42. The topological polar surface area (TPSA) is 29.9 Å². The number of hydrogen-bond donors (Lipinski definition) is 1. The average Bonchev–Trinajstić information content (AvgIpc) is 2.85. The van der Waals surface area contributed by atoms with Crippen LogP contribution in [0.15, 0.2) is 36.7 Å². The largest absolute Gasteiger partial charge is 0.381 e. The van der Waals surface area contributed by atoms with Crippen LogP contribution >= 0.6 is 0 Å². The molecular formula is C17H25N3. The molecule has 2 rings (SSSR count). The van der Waals surface area contributed by atoms with Gasteiger partial charge in [-0.15, -0.1) is 0 Å². The second-order valence-corrected chi connectivity index (χ2v) is 6.60. The third-order valence-corrected chi connectivity index (χ3v) is 3.37. The molecule has 0 aliphatic heterocycles. The van der Waals surface area contributed by atoms with Gasteiger partial charge in [-0.25, -0.2) is 0 Å². The Hall–Kier alpha value is -1.77. The number of nitrogens with one attached hydrogen (secondary N) is 1. The minimum absolute atomic E-state index is 0.0375. The van der Waals surface area contributed by atoms with E-state index in [1.54, 1.807) is 0 Å². The molecule has 1 heterocycles. The molecule has 2 aromatic rings. The molecular weight excluding hydrogens is 246 g/mol. The van der Waals surface area contributed by atoms with Gasteiger partial charge >= 0.3 is 0 Å². The monoisotopic (exact) mass is 271 g/mol. The molecule has 3 nitrogen and oxygen atoms in total. The molecule has 0 aliphatic carbocycles. The second-order valence-electron chi connectivity index (χ2n) is 6.60. The Morgan fingerprint density at radius 1 is 1.25 bits per heavy atom. The minimum atomic E-state index is 0.0375. The van der Waals surface area contributed by atoms with E-state index in [2.05, 4.69) is 75.5 Å². The van der Waals surface area contributed by atoms with Crippen LogP contribution in [0.5, 0.6) is 0 Å². The predicted octanol–water partition coefficient (Wildman–Crippen LogP) is 4.37. The van der Waals surface area contributed by atoms with Crippen molar-refractivity contribution in [3.63, 3.8) is 0 Å². The highest BCUT2D eigenvalue weighted by Crippen LogP contribution is 2.19. The zero-order valence-corrected chi connectivity index (χ0v) is 13.1. The Morgan fingerprint density at radius 3 is 2.60 bits per heavy atom. The van der Waals surface area contributed by atoms with Gasteiger partial charge < -0.3 is 5.32 Å². The summed E-state index contributed by atoms with van der Waals surface area (Å²) in [6.45, 7) is 11.7. The lowest BCUT2D eigenvalue weighted by molar-refractivity contribution is 0.355. The third kappa shape index (κ3) is 3.62. The fourth-order valence-corrected chi connectivity index (χ4v) is 2.03. The third-order valence-electron chi connectivity index (χ3n) is 3.37. The fourth-order valence-electron chi connectivity index (χ4n) is 2.03. The molecule has 0 spiro atoms. The molecule has 1 N–H and O–H groups in total. The van der Waals surface area contributed by atoms with Gasteiger partial charge in [-0.05, 0) is 44.4 Å². The first-order chi connectivity index (χ1) is 9.36. The molecule has 0 fully saturated rings. The van der Waals surface area contributed by atoms with Crippen LogP contribution in [-0.2, 0) is 12.1 Å². The van der Waals surface area contributed by atoms with E-state index >= 15 is 0 Å². The van der Waals surface area contributed by atoms with Crippen molar-refractivity contribution >= 4 is 5.69 Å². The van der Waals surface area contributed by atoms with Crippen molar-refractivity contribution in [3.05, 3.63) is 47.8 Å². The van der Waals surface area contributed by atoms with Crippen molar-refractivity contribution in [2.45, 2.75) is 52.6 Å². The van der Waals surface area contributed by atoms with Crippen LogP contribution in [0.3, 0.4) is 0 Å². The molecule has 0 bridgehead atoms. The van der Waals surface area contributed by atoms with Gasteiger partial charge in [0.25, 0.3) is 0 Å². The SMILES string of the molecule is CC(C)c1cccc(NCc2cnn(C(C)(C)C)c2)c1. The quantitative estimate of drug-likeness (QED) is 0.894. The van der Waals surface area contributed by atoms with E-state index in [0.29, 0.717) is 5.92 Å². The van der Waals surface area contributed by atoms with Crippen LogP contribution in [0.1, 0.15) is 51.7 Å². The second kappa shape index (κ2) is 5.70. The van der Waals surface area contributed by atoms with E-state index in [1.165, 1.54) is 16.8 Å². The molecule has 108 valence electrons. The van der Waals surface area contributed by atoms with Crippen LogP contribution in [0.4, 0.5) is 5.69 Å². The Morgan fingerprint density at radius 2 is 2.00 bits per heavy atom. The minimum Gasteiger partial charge on any atom is -0.381 e. The lowest BCUT2D eigenvalue weighted by Gasteiger charge is -2.18. The molecule has 0 amide bonds. The van der Waals surface area contributed by atoms with E-state index in [-0.39, 0.29) is 5.54 Å². The Kier molecular flexibility index (Phi) is 4.17. The lowest BCUT2D eigenvalue weighted by Crippen LogP contribution is -2.21. The fraction of sp³-hybridized carbons (Fsp3) is 0.471. The number of anilines is 1. The van der Waals surface area contributed by atoms with E-state index < -0.39 is 0 Å². The molecule has 0 saturated heterocycles. The molecule has 0 unspecified atom stereocenters. The molecule has 3 heteroatoms. The van der Waals surface area contributed by atoms with Crippen molar-refractivity contribution in [1.82, 2.24) is 9.78 Å². The van der Waals surface area contributed by atoms with Gasteiger partial charge in [0, 0.05) is 24.0 Å².